The Morgan fingerprint density at radius 3 is 2.50 bits per heavy atom. The van der Waals surface area contributed by atoms with Crippen molar-refractivity contribution in [3.05, 3.63) is 78.7 Å². The van der Waals surface area contributed by atoms with Gasteiger partial charge in [-0.15, -0.1) is 0 Å². The van der Waals surface area contributed by atoms with Crippen LogP contribution >= 0.6 is 11.3 Å². The maximum Gasteiger partial charge on any atom is 0.338 e. The Morgan fingerprint density at radius 2 is 1.84 bits per heavy atom. The second-order valence-electron chi connectivity index (χ2n) is 9.78. The molecule has 0 bridgehead atoms. The van der Waals surface area contributed by atoms with Crippen LogP contribution in [0, 0.1) is 0 Å². The van der Waals surface area contributed by atoms with Gasteiger partial charge in [0.15, 0.2) is 10.7 Å². The van der Waals surface area contributed by atoms with E-state index in [1.807, 2.05) is 36.4 Å². The standard InChI is InChI=1S/C28H32N4O5S/c1-17(2)36-27(34)24-18(3)29-28-32(25(24)19-6-8-20(35-5)9-7-19)26(33)22(38-28)16-21-10-11-23(37-21)31-14-12-30(4)13-15-31/h6-11,16-17,25H,12-15H2,1-5H3/b22-16+/t25-/m0/s1. The fourth-order valence-corrected chi connectivity index (χ4v) is 5.73. The molecule has 9 nitrogen and oxygen atoms in total. The molecule has 0 radical (unpaired) electrons. The highest BCUT2D eigenvalue weighted by Gasteiger charge is 2.34. The van der Waals surface area contributed by atoms with Gasteiger partial charge in [0.25, 0.3) is 5.56 Å². The Morgan fingerprint density at radius 1 is 1.13 bits per heavy atom. The number of likely N-dealkylation sites (N-methyl/N-ethyl adjacent to an activating group) is 1. The molecule has 0 amide bonds. The third kappa shape index (κ3) is 5.06. The predicted molar refractivity (Wildman–Crippen MR) is 146 cm³/mol. The molecule has 2 aliphatic heterocycles. The van der Waals surface area contributed by atoms with Gasteiger partial charge >= 0.3 is 5.97 Å². The normalized spacial score (nSPS) is 18.5. The lowest BCUT2D eigenvalue weighted by atomic mass is 9.96. The number of hydrogen-bond donors (Lipinski definition) is 0. The summed E-state index contributed by atoms with van der Waals surface area (Å²) in [5, 5.41) is 0. The van der Waals surface area contributed by atoms with E-state index in [4.69, 9.17) is 13.9 Å². The minimum atomic E-state index is -0.678. The number of allylic oxidation sites excluding steroid dienone is 1. The minimum Gasteiger partial charge on any atom is -0.497 e. The first-order valence-electron chi connectivity index (χ1n) is 12.7. The zero-order valence-corrected chi connectivity index (χ0v) is 23.1. The van der Waals surface area contributed by atoms with E-state index in [0.717, 1.165) is 37.6 Å². The van der Waals surface area contributed by atoms with Crippen molar-refractivity contribution < 1.29 is 18.7 Å². The van der Waals surface area contributed by atoms with Gasteiger partial charge < -0.3 is 23.7 Å². The topological polar surface area (TPSA) is 89.5 Å². The monoisotopic (exact) mass is 536 g/mol. The Kier molecular flexibility index (Phi) is 7.27. The minimum absolute atomic E-state index is 0.241. The molecule has 5 rings (SSSR count). The molecule has 1 fully saturated rings. The van der Waals surface area contributed by atoms with Gasteiger partial charge in [0.1, 0.15) is 11.5 Å². The Balaban J connectivity index is 1.57. The summed E-state index contributed by atoms with van der Waals surface area (Å²) in [5.41, 5.74) is 1.39. The van der Waals surface area contributed by atoms with Crippen molar-refractivity contribution in [1.82, 2.24) is 9.47 Å². The number of aromatic nitrogens is 1. The molecular formula is C28H32N4O5S. The van der Waals surface area contributed by atoms with E-state index in [1.54, 1.807) is 38.5 Å². The molecule has 38 heavy (non-hydrogen) atoms. The summed E-state index contributed by atoms with van der Waals surface area (Å²) in [6.45, 7) is 9.10. The van der Waals surface area contributed by atoms with Crippen molar-refractivity contribution in [3.8, 4) is 5.75 Å². The molecule has 2 aliphatic rings. The highest BCUT2D eigenvalue weighted by molar-refractivity contribution is 7.07. The fraction of sp³-hybridized carbons (Fsp3) is 0.393. The van der Waals surface area contributed by atoms with Crippen LogP contribution in [0.25, 0.3) is 6.08 Å². The lowest BCUT2D eigenvalue weighted by molar-refractivity contribution is -0.143. The van der Waals surface area contributed by atoms with E-state index in [1.165, 1.54) is 11.3 Å². The Hall–Kier alpha value is -3.63. The fourth-order valence-electron chi connectivity index (χ4n) is 4.71. The molecule has 10 heteroatoms. The van der Waals surface area contributed by atoms with Crippen LogP contribution in [0.15, 0.2) is 61.9 Å². The average molecular weight is 537 g/mol. The molecule has 2 aromatic heterocycles. The molecule has 0 aliphatic carbocycles. The van der Waals surface area contributed by atoms with Crippen LogP contribution in [0.2, 0.25) is 0 Å². The van der Waals surface area contributed by atoms with E-state index < -0.39 is 12.0 Å². The van der Waals surface area contributed by atoms with Crippen LogP contribution in [0.5, 0.6) is 5.75 Å². The maximum absolute atomic E-state index is 13.8. The molecule has 4 heterocycles. The van der Waals surface area contributed by atoms with E-state index in [2.05, 4.69) is 21.8 Å². The molecule has 1 aromatic carbocycles. The molecule has 1 saturated heterocycles. The molecule has 0 unspecified atom stereocenters. The summed E-state index contributed by atoms with van der Waals surface area (Å²) < 4.78 is 19.0. The molecule has 0 spiro atoms. The lowest BCUT2D eigenvalue weighted by Gasteiger charge is -2.32. The van der Waals surface area contributed by atoms with E-state index in [0.29, 0.717) is 32.1 Å². The number of benzene rings is 1. The van der Waals surface area contributed by atoms with Crippen molar-refractivity contribution in [3.63, 3.8) is 0 Å². The summed E-state index contributed by atoms with van der Waals surface area (Å²) in [6.07, 6.45) is 1.44. The Labute approximate surface area is 224 Å². The number of carbonyl (C=O) groups excluding carboxylic acids is 1. The third-order valence-corrected chi connectivity index (χ3v) is 7.70. The van der Waals surface area contributed by atoms with Crippen LogP contribution < -0.4 is 24.5 Å². The number of hydrogen-bond acceptors (Lipinski definition) is 9. The van der Waals surface area contributed by atoms with E-state index in [9.17, 15) is 9.59 Å². The number of nitrogens with zero attached hydrogens (tertiary/aromatic N) is 4. The number of thiazole rings is 1. The zero-order valence-electron chi connectivity index (χ0n) is 22.3. The molecule has 3 aromatic rings. The smallest absolute Gasteiger partial charge is 0.338 e. The van der Waals surface area contributed by atoms with Gasteiger partial charge in [0.2, 0.25) is 0 Å². The average Bonchev–Trinajstić information content (AvgIpc) is 3.47. The SMILES string of the molecule is COc1ccc([C@H]2C(C(=O)OC(C)C)=C(C)N=c3s/c(=C/c4ccc(N5CCN(C)CC5)o4)c(=O)n32)cc1. The highest BCUT2D eigenvalue weighted by Crippen LogP contribution is 2.32. The van der Waals surface area contributed by atoms with Crippen molar-refractivity contribution in [1.29, 1.82) is 0 Å². The number of piperazine rings is 1. The third-order valence-electron chi connectivity index (χ3n) is 6.72. The van der Waals surface area contributed by atoms with Crippen LogP contribution in [0.4, 0.5) is 5.88 Å². The first-order valence-corrected chi connectivity index (χ1v) is 13.5. The first-order chi connectivity index (χ1) is 18.2. The zero-order chi connectivity index (χ0) is 27.0. The molecule has 200 valence electrons. The number of anilines is 1. The number of furan rings is 1. The number of esters is 1. The lowest BCUT2D eigenvalue weighted by Crippen LogP contribution is -2.44. The van der Waals surface area contributed by atoms with E-state index >= 15 is 0 Å². The molecular weight excluding hydrogens is 504 g/mol. The second kappa shape index (κ2) is 10.6. The van der Waals surface area contributed by atoms with Gasteiger partial charge in [0.05, 0.1) is 35.1 Å². The number of rotatable bonds is 6. The number of fused-ring (bicyclic) bond motifs is 1. The van der Waals surface area contributed by atoms with Gasteiger partial charge in [-0.3, -0.25) is 9.36 Å². The van der Waals surface area contributed by atoms with Gasteiger partial charge in [-0.1, -0.05) is 23.5 Å². The van der Waals surface area contributed by atoms with Crippen molar-refractivity contribution in [2.45, 2.75) is 32.9 Å². The van der Waals surface area contributed by atoms with Crippen molar-refractivity contribution in [2.24, 2.45) is 4.99 Å². The number of methoxy groups -OCH3 is 1. The highest BCUT2D eigenvalue weighted by atomic mass is 32.1. The van der Waals surface area contributed by atoms with Crippen molar-refractivity contribution >= 4 is 29.3 Å². The van der Waals surface area contributed by atoms with Crippen LogP contribution in [0.1, 0.15) is 38.1 Å². The predicted octanol–water partition coefficient (Wildman–Crippen LogP) is 2.54. The quantitative estimate of drug-likeness (QED) is 0.448. The van der Waals surface area contributed by atoms with Crippen LogP contribution in [0.3, 0.4) is 0 Å². The maximum atomic E-state index is 13.8. The molecule has 0 saturated carbocycles. The number of carbonyl (C=O) groups is 1. The Bertz CT molecular complexity index is 1540. The van der Waals surface area contributed by atoms with Gasteiger partial charge in [-0.25, -0.2) is 9.79 Å². The van der Waals surface area contributed by atoms with Gasteiger partial charge in [-0.2, -0.15) is 0 Å². The summed E-state index contributed by atoms with van der Waals surface area (Å²) in [6, 6.07) is 10.5. The first kappa shape index (κ1) is 26.0. The van der Waals surface area contributed by atoms with Gasteiger partial charge in [-0.05, 0) is 51.6 Å². The largest absolute Gasteiger partial charge is 0.497 e. The van der Waals surface area contributed by atoms with E-state index in [-0.39, 0.29) is 11.7 Å². The van der Waals surface area contributed by atoms with Crippen LogP contribution in [-0.4, -0.2) is 61.9 Å². The molecule has 0 N–H and O–H groups in total. The second-order valence-corrected chi connectivity index (χ2v) is 10.8. The summed E-state index contributed by atoms with van der Waals surface area (Å²) in [5.74, 6) is 1.59. The molecule has 1 atom stereocenters. The van der Waals surface area contributed by atoms with Crippen LogP contribution in [-0.2, 0) is 9.53 Å². The van der Waals surface area contributed by atoms with Gasteiger partial charge in [0, 0.05) is 38.3 Å². The summed E-state index contributed by atoms with van der Waals surface area (Å²) in [7, 11) is 3.71. The van der Waals surface area contributed by atoms with Crippen molar-refractivity contribution in [2.75, 3.05) is 45.2 Å². The number of ether oxygens (including phenoxy) is 2. The summed E-state index contributed by atoms with van der Waals surface area (Å²) in [4.78, 5) is 36.7. The summed E-state index contributed by atoms with van der Waals surface area (Å²) >= 11 is 1.28.